The third kappa shape index (κ3) is 3.54. The third-order valence-electron chi connectivity index (χ3n) is 5.73. The molecule has 27 heavy (non-hydrogen) atoms. The van der Waals surface area contributed by atoms with Crippen molar-refractivity contribution in [3.05, 3.63) is 65.5 Å². The Balaban J connectivity index is 1.59. The minimum Gasteiger partial charge on any atom is -0.370 e. The number of amides is 1. The summed E-state index contributed by atoms with van der Waals surface area (Å²) in [5, 5.41) is 0. The van der Waals surface area contributed by atoms with E-state index in [2.05, 4.69) is 18.0 Å². The Morgan fingerprint density at radius 2 is 1.85 bits per heavy atom. The Kier molecular flexibility index (Phi) is 4.83. The monoisotopic (exact) mass is 362 g/mol. The number of piperidine rings is 1. The molecule has 1 amide bonds. The number of aryl methyl sites for hydroxylation is 1. The van der Waals surface area contributed by atoms with Crippen molar-refractivity contribution in [2.24, 2.45) is 0 Å². The predicted octanol–water partition coefficient (Wildman–Crippen LogP) is 4.40. The maximum Gasteiger partial charge on any atom is 0.256 e. The summed E-state index contributed by atoms with van der Waals surface area (Å²) >= 11 is 0. The van der Waals surface area contributed by atoms with Gasteiger partial charge in [0.05, 0.1) is 23.5 Å². The number of likely N-dealkylation sites (tertiary alicyclic amines) is 1. The SMILES string of the molecule is CC1=CC2(CCN(C(=O)c3c(-c4ccccc4)ccnc3C)CC2)OCC1. The highest BCUT2D eigenvalue weighted by atomic mass is 16.5. The quantitative estimate of drug-likeness (QED) is 0.744. The Morgan fingerprint density at radius 3 is 2.56 bits per heavy atom. The number of nitrogens with zero attached hydrogens (tertiary/aromatic N) is 2. The normalized spacial score (nSPS) is 19.0. The molecule has 0 aliphatic carbocycles. The summed E-state index contributed by atoms with van der Waals surface area (Å²) in [5.41, 5.74) is 4.73. The minimum absolute atomic E-state index is 0.0748. The van der Waals surface area contributed by atoms with Crippen molar-refractivity contribution in [1.29, 1.82) is 0 Å². The van der Waals surface area contributed by atoms with Gasteiger partial charge in [-0.15, -0.1) is 0 Å². The molecular formula is C23H26N2O2. The van der Waals surface area contributed by atoms with Crippen LogP contribution in [0.25, 0.3) is 11.1 Å². The van der Waals surface area contributed by atoms with Gasteiger partial charge in [-0.2, -0.15) is 0 Å². The number of pyridine rings is 1. The molecule has 4 rings (SSSR count). The summed E-state index contributed by atoms with van der Waals surface area (Å²) in [7, 11) is 0. The van der Waals surface area contributed by atoms with E-state index in [0.29, 0.717) is 13.1 Å². The van der Waals surface area contributed by atoms with Crippen LogP contribution in [0.4, 0.5) is 0 Å². The fraction of sp³-hybridized carbons (Fsp3) is 0.391. The van der Waals surface area contributed by atoms with E-state index in [-0.39, 0.29) is 11.5 Å². The fourth-order valence-electron chi connectivity index (χ4n) is 4.21. The average molecular weight is 362 g/mol. The second kappa shape index (κ2) is 7.28. The largest absolute Gasteiger partial charge is 0.370 e. The molecule has 2 aliphatic heterocycles. The zero-order valence-corrected chi connectivity index (χ0v) is 16.1. The lowest BCUT2D eigenvalue weighted by Crippen LogP contribution is -2.48. The topological polar surface area (TPSA) is 42.4 Å². The van der Waals surface area contributed by atoms with Gasteiger partial charge in [-0.1, -0.05) is 42.0 Å². The van der Waals surface area contributed by atoms with Crippen LogP contribution in [0.5, 0.6) is 0 Å². The van der Waals surface area contributed by atoms with Gasteiger partial charge < -0.3 is 9.64 Å². The van der Waals surface area contributed by atoms with Crippen LogP contribution in [-0.4, -0.2) is 41.1 Å². The summed E-state index contributed by atoms with van der Waals surface area (Å²) in [6.45, 7) is 6.31. The van der Waals surface area contributed by atoms with Gasteiger partial charge >= 0.3 is 0 Å². The number of benzene rings is 1. The van der Waals surface area contributed by atoms with Crippen molar-refractivity contribution in [3.8, 4) is 11.1 Å². The van der Waals surface area contributed by atoms with E-state index in [9.17, 15) is 4.79 Å². The number of carbonyl (C=O) groups is 1. The molecule has 0 unspecified atom stereocenters. The maximum absolute atomic E-state index is 13.4. The number of ether oxygens (including phenoxy) is 1. The minimum atomic E-state index is -0.175. The lowest BCUT2D eigenvalue weighted by atomic mass is 9.86. The maximum atomic E-state index is 13.4. The van der Waals surface area contributed by atoms with Gasteiger partial charge in [-0.25, -0.2) is 0 Å². The fourth-order valence-corrected chi connectivity index (χ4v) is 4.21. The first-order chi connectivity index (χ1) is 13.1. The van der Waals surface area contributed by atoms with Crippen molar-refractivity contribution < 1.29 is 9.53 Å². The molecule has 1 saturated heterocycles. The van der Waals surface area contributed by atoms with Crippen molar-refractivity contribution >= 4 is 5.91 Å². The third-order valence-corrected chi connectivity index (χ3v) is 5.73. The zero-order chi connectivity index (χ0) is 18.9. The van der Waals surface area contributed by atoms with Gasteiger partial charge in [-0.05, 0) is 50.3 Å². The molecule has 1 fully saturated rings. The number of carbonyl (C=O) groups excluding carboxylic acids is 1. The molecule has 0 saturated carbocycles. The molecular weight excluding hydrogens is 336 g/mol. The van der Waals surface area contributed by atoms with Gasteiger partial charge in [0, 0.05) is 19.3 Å². The Labute approximate surface area is 160 Å². The molecule has 1 aromatic heterocycles. The van der Waals surface area contributed by atoms with Crippen LogP contribution in [0.2, 0.25) is 0 Å². The summed E-state index contributed by atoms with van der Waals surface area (Å²) in [5.74, 6) is 0.0748. The zero-order valence-electron chi connectivity index (χ0n) is 16.1. The Bertz CT molecular complexity index is 865. The lowest BCUT2D eigenvalue weighted by Gasteiger charge is -2.42. The molecule has 3 heterocycles. The van der Waals surface area contributed by atoms with E-state index in [1.165, 1.54) is 5.57 Å². The van der Waals surface area contributed by atoms with Gasteiger partial charge in [0.2, 0.25) is 0 Å². The summed E-state index contributed by atoms with van der Waals surface area (Å²) in [6, 6.07) is 12.0. The molecule has 2 aliphatic rings. The van der Waals surface area contributed by atoms with Gasteiger partial charge in [0.1, 0.15) is 0 Å². The molecule has 4 nitrogen and oxygen atoms in total. The molecule has 1 spiro atoms. The second-order valence-electron chi connectivity index (χ2n) is 7.63. The van der Waals surface area contributed by atoms with Crippen molar-refractivity contribution in [3.63, 3.8) is 0 Å². The average Bonchev–Trinajstić information content (AvgIpc) is 2.68. The van der Waals surface area contributed by atoms with Crippen LogP contribution in [0.3, 0.4) is 0 Å². The molecule has 0 bridgehead atoms. The van der Waals surface area contributed by atoms with Crippen molar-refractivity contribution in [1.82, 2.24) is 9.88 Å². The molecule has 0 N–H and O–H groups in total. The van der Waals surface area contributed by atoms with Crippen LogP contribution in [0.1, 0.15) is 42.2 Å². The second-order valence-corrected chi connectivity index (χ2v) is 7.63. The number of rotatable bonds is 2. The summed E-state index contributed by atoms with van der Waals surface area (Å²) in [4.78, 5) is 19.7. The van der Waals surface area contributed by atoms with Crippen molar-refractivity contribution in [2.75, 3.05) is 19.7 Å². The van der Waals surface area contributed by atoms with E-state index < -0.39 is 0 Å². The van der Waals surface area contributed by atoms with Crippen LogP contribution in [0.15, 0.2) is 54.2 Å². The van der Waals surface area contributed by atoms with E-state index in [4.69, 9.17) is 4.74 Å². The summed E-state index contributed by atoms with van der Waals surface area (Å²) in [6.07, 6.45) is 6.79. The number of hydrogen-bond acceptors (Lipinski definition) is 3. The van der Waals surface area contributed by atoms with Crippen LogP contribution < -0.4 is 0 Å². The lowest BCUT2D eigenvalue weighted by molar-refractivity contribution is -0.0522. The molecule has 2 aromatic rings. The van der Waals surface area contributed by atoms with Crippen LogP contribution >= 0.6 is 0 Å². The first-order valence-electron chi connectivity index (χ1n) is 9.71. The predicted molar refractivity (Wildman–Crippen MR) is 107 cm³/mol. The highest BCUT2D eigenvalue weighted by molar-refractivity contribution is 6.01. The van der Waals surface area contributed by atoms with E-state index in [1.54, 1.807) is 6.20 Å². The summed E-state index contributed by atoms with van der Waals surface area (Å²) < 4.78 is 6.10. The van der Waals surface area contributed by atoms with E-state index in [0.717, 1.165) is 48.3 Å². The van der Waals surface area contributed by atoms with Crippen molar-refractivity contribution in [2.45, 2.75) is 38.7 Å². The molecule has 140 valence electrons. The van der Waals surface area contributed by atoms with E-state index in [1.807, 2.05) is 48.2 Å². The molecule has 0 radical (unpaired) electrons. The van der Waals surface area contributed by atoms with Crippen LogP contribution in [-0.2, 0) is 4.74 Å². The number of aromatic nitrogens is 1. The van der Waals surface area contributed by atoms with Crippen LogP contribution in [0, 0.1) is 6.92 Å². The highest BCUT2D eigenvalue weighted by Gasteiger charge is 2.37. The molecule has 0 atom stereocenters. The molecule has 4 heteroatoms. The number of hydrogen-bond donors (Lipinski definition) is 0. The standard InChI is InChI=1S/C23H26N2O2/c1-17-9-15-27-23(16-17)10-13-25(14-11-23)22(26)21-18(2)24-12-8-20(21)19-6-4-3-5-7-19/h3-8,12,16H,9-11,13-15H2,1-2H3. The van der Waals surface area contributed by atoms with Gasteiger partial charge in [0.25, 0.3) is 5.91 Å². The van der Waals surface area contributed by atoms with E-state index >= 15 is 0 Å². The molecule has 1 aromatic carbocycles. The first-order valence-corrected chi connectivity index (χ1v) is 9.71. The Hall–Kier alpha value is -2.46. The van der Waals surface area contributed by atoms with Gasteiger partial charge in [-0.3, -0.25) is 9.78 Å². The first kappa shape index (κ1) is 17.9. The Morgan fingerprint density at radius 1 is 1.11 bits per heavy atom. The van der Waals surface area contributed by atoms with Gasteiger partial charge in [0.15, 0.2) is 0 Å². The smallest absolute Gasteiger partial charge is 0.256 e. The highest BCUT2D eigenvalue weighted by Crippen LogP contribution is 2.34.